The first kappa shape index (κ1) is 22.0. The van der Waals surface area contributed by atoms with Gasteiger partial charge in [0.2, 0.25) is 0 Å². The molecule has 2 N–H and O–H groups in total. The second kappa shape index (κ2) is 10.3. The highest BCUT2D eigenvalue weighted by atomic mass is 127. The third kappa shape index (κ3) is 5.37. The van der Waals surface area contributed by atoms with Crippen LogP contribution in [0.3, 0.4) is 0 Å². The molecule has 3 rings (SSSR count). The number of rotatable bonds is 6. The van der Waals surface area contributed by atoms with Crippen molar-refractivity contribution in [3.05, 3.63) is 65.6 Å². The van der Waals surface area contributed by atoms with Gasteiger partial charge in [0, 0.05) is 26.2 Å². The summed E-state index contributed by atoms with van der Waals surface area (Å²) in [4.78, 5) is 4.17. The molecule has 0 aliphatic carbocycles. The van der Waals surface area contributed by atoms with Gasteiger partial charge in [0.25, 0.3) is 0 Å². The molecule has 0 aliphatic rings. The molecule has 0 bridgehead atoms. The lowest BCUT2D eigenvalue weighted by molar-refractivity contribution is 0.504. The van der Waals surface area contributed by atoms with Crippen molar-refractivity contribution in [2.75, 3.05) is 13.6 Å². The quantitative estimate of drug-likeness (QED) is 0.236. The highest BCUT2D eigenvalue weighted by molar-refractivity contribution is 14.0. The summed E-state index contributed by atoms with van der Waals surface area (Å²) in [5.74, 6) is -0.206. The van der Waals surface area contributed by atoms with E-state index in [2.05, 4.69) is 25.8 Å². The smallest absolute Gasteiger partial charge is 0.191 e. The van der Waals surface area contributed by atoms with E-state index < -0.39 is 11.6 Å². The van der Waals surface area contributed by atoms with E-state index in [-0.39, 0.29) is 30.0 Å². The molecule has 9 heteroatoms. The molecule has 1 unspecified atom stereocenters. The minimum Gasteiger partial charge on any atom is -0.356 e. The summed E-state index contributed by atoms with van der Waals surface area (Å²) < 4.78 is 28.4. The number of nitrogens with one attached hydrogen (secondary N) is 2. The Labute approximate surface area is 179 Å². The van der Waals surface area contributed by atoms with Gasteiger partial charge in [-0.05, 0) is 43.2 Å². The predicted octanol–water partition coefficient (Wildman–Crippen LogP) is 3.48. The van der Waals surface area contributed by atoms with Gasteiger partial charge in [0.1, 0.15) is 5.82 Å². The number of hydrogen-bond acceptors (Lipinski definition) is 3. The standard InChI is InChI=1S/C19H22F2N6.HI/c1-13(14-8-9-15(20)16(21)12-14)24-19(22-2)23-10-5-7-18-26-25-17-6-3-4-11-27(17)18;/h3-4,6,8-9,11-13H,5,7,10H2,1-2H3,(H2,22,23,24);1H. The summed E-state index contributed by atoms with van der Waals surface area (Å²) in [5.41, 5.74) is 1.48. The summed E-state index contributed by atoms with van der Waals surface area (Å²) in [6, 6.07) is 9.45. The SMILES string of the molecule is CN=C(NCCCc1nnc2ccccn12)NC(C)c1ccc(F)c(F)c1.I. The van der Waals surface area contributed by atoms with Crippen molar-refractivity contribution in [2.24, 2.45) is 4.99 Å². The van der Waals surface area contributed by atoms with Crippen molar-refractivity contribution in [2.45, 2.75) is 25.8 Å². The summed E-state index contributed by atoms with van der Waals surface area (Å²) in [5, 5.41) is 14.7. The Bertz CT molecular complexity index is 943. The predicted molar refractivity (Wildman–Crippen MR) is 116 cm³/mol. The van der Waals surface area contributed by atoms with E-state index in [4.69, 9.17) is 0 Å². The van der Waals surface area contributed by atoms with E-state index in [9.17, 15) is 8.78 Å². The fourth-order valence-corrected chi connectivity index (χ4v) is 2.78. The van der Waals surface area contributed by atoms with Crippen LogP contribution in [0.25, 0.3) is 5.65 Å². The van der Waals surface area contributed by atoms with Crippen molar-refractivity contribution in [3.63, 3.8) is 0 Å². The van der Waals surface area contributed by atoms with Crippen molar-refractivity contribution in [1.29, 1.82) is 0 Å². The Morgan fingerprint density at radius 2 is 2.00 bits per heavy atom. The van der Waals surface area contributed by atoms with E-state index in [1.54, 1.807) is 13.1 Å². The zero-order valence-electron chi connectivity index (χ0n) is 15.7. The Kier molecular flexibility index (Phi) is 8.09. The topological polar surface area (TPSA) is 66.6 Å². The largest absolute Gasteiger partial charge is 0.356 e. The Morgan fingerprint density at radius 3 is 2.75 bits per heavy atom. The molecule has 6 nitrogen and oxygen atoms in total. The van der Waals surface area contributed by atoms with Crippen LogP contribution in [0, 0.1) is 11.6 Å². The molecule has 0 amide bonds. The first-order valence-electron chi connectivity index (χ1n) is 8.79. The third-order valence-electron chi connectivity index (χ3n) is 4.27. The molecule has 0 radical (unpaired) electrons. The normalized spacial score (nSPS) is 12.5. The molecule has 28 heavy (non-hydrogen) atoms. The van der Waals surface area contributed by atoms with Crippen LogP contribution in [0.2, 0.25) is 0 Å². The highest BCUT2D eigenvalue weighted by Crippen LogP contribution is 2.15. The van der Waals surface area contributed by atoms with E-state index >= 15 is 0 Å². The van der Waals surface area contributed by atoms with Gasteiger partial charge in [-0.25, -0.2) is 8.78 Å². The maximum absolute atomic E-state index is 13.4. The van der Waals surface area contributed by atoms with Crippen molar-refractivity contribution in [3.8, 4) is 0 Å². The van der Waals surface area contributed by atoms with Crippen molar-refractivity contribution < 1.29 is 8.78 Å². The summed E-state index contributed by atoms with van der Waals surface area (Å²) in [7, 11) is 1.67. The van der Waals surface area contributed by atoms with Crippen LogP contribution in [0.1, 0.15) is 30.8 Å². The number of halogens is 3. The molecule has 0 saturated heterocycles. The van der Waals surface area contributed by atoms with E-state index in [0.29, 0.717) is 18.1 Å². The lowest BCUT2D eigenvalue weighted by Crippen LogP contribution is -2.39. The van der Waals surface area contributed by atoms with Crippen LogP contribution in [0.15, 0.2) is 47.6 Å². The maximum Gasteiger partial charge on any atom is 0.191 e. The average molecular weight is 500 g/mol. The number of benzene rings is 1. The van der Waals surface area contributed by atoms with Gasteiger partial charge in [0.15, 0.2) is 23.2 Å². The second-order valence-corrected chi connectivity index (χ2v) is 6.19. The lowest BCUT2D eigenvalue weighted by Gasteiger charge is -2.18. The Morgan fingerprint density at radius 1 is 1.18 bits per heavy atom. The number of nitrogens with zero attached hydrogens (tertiary/aromatic N) is 4. The van der Waals surface area contributed by atoms with Crippen LogP contribution < -0.4 is 10.6 Å². The number of hydrogen-bond donors (Lipinski definition) is 2. The minimum absolute atomic E-state index is 0. The number of aliphatic imine (C=N–C) groups is 1. The zero-order valence-corrected chi connectivity index (χ0v) is 18.0. The molecule has 150 valence electrons. The molecular weight excluding hydrogens is 477 g/mol. The van der Waals surface area contributed by atoms with Crippen molar-refractivity contribution >= 4 is 35.6 Å². The van der Waals surface area contributed by atoms with Gasteiger partial charge in [-0.2, -0.15) is 0 Å². The molecule has 0 aliphatic heterocycles. The van der Waals surface area contributed by atoms with Crippen molar-refractivity contribution in [1.82, 2.24) is 25.2 Å². The number of aromatic nitrogens is 3. The monoisotopic (exact) mass is 500 g/mol. The third-order valence-corrected chi connectivity index (χ3v) is 4.27. The fraction of sp³-hybridized carbons (Fsp3) is 0.316. The number of guanidine groups is 1. The number of fused-ring (bicyclic) bond motifs is 1. The maximum atomic E-state index is 13.4. The van der Waals surface area contributed by atoms with Crippen LogP contribution in [0.4, 0.5) is 8.78 Å². The van der Waals surface area contributed by atoms with E-state index in [0.717, 1.165) is 30.4 Å². The molecule has 2 aromatic heterocycles. The molecule has 1 atom stereocenters. The van der Waals surface area contributed by atoms with Gasteiger partial charge >= 0.3 is 0 Å². The molecule has 0 spiro atoms. The van der Waals surface area contributed by atoms with Gasteiger partial charge in [-0.1, -0.05) is 12.1 Å². The molecular formula is C19H23F2IN6. The molecule has 3 aromatic rings. The van der Waals surface area contributed by atoms with Crippen LogP contribution >= 0.6 is 24.0 Å². The molecule has 1 aromatic carbocycles. The summed E-state index contributed by atoms with van der Waals surface area (Å²) in [6.45, 7) is 2.55. The minimum atomic E-state index is -0.857. The fourth-order valence-electron chi connectivity index (χ4n) is 2.78. The Hall–Kier alpha value is -2.30. The van der Waals surface area contributed by atoms with Crippen LogP contribution in [-0.2, 0) is 6.42 Å². The second-order valence-electron chi connectivity index (χ2n) is 6.19. The lowest BCUT2D eigenvalue weighted by atomic mass is 10.1. The number of pyridine rings is 1. The van der Waals surface area contributed by atoms with Crippen LogP contribution in [0.5, 0.6) is 0 Å². The van der Waals surface area contributed by atoms with E-state index in [1.807, 2.05) is 35.7 Å². The van der Waals surface area contributed by atoms with Crippen LogP contribution in [-0.4, -0.2) is 34.2 Å². The summed E-state index contributed by atoms with van der Waals surface area (Å²) >= 11 is 0. The average Bonchev–Trinajstić information content (AvgIpc) is 3.09. The van der Waals surface area contributed by atoms with Gasteiger partial charge < -0.3 is 10.6 Å². The molecule has 0 saturated carbocycles. The zero-order chi connectivity index (χ0) is 19.2. The van der Waals surface area contributed by atoms with E-state index in [1.165, 1.54) is 6.07 Å². The van der Waals surface area contributed by atoms with Gasteiger partial charge in [-0.3, -0.25) is 9.39 Å². The first-order chi connectivity index (χ1) is 13.1. The number of aryl methyl sites for hydroxylation is 1. The highest BCUT2D eigenvalue weighted by Gasteiger charge is 2.11. The van der Waals surface area contributed by atoms with Gasteiger partial charge in [0.05, 0.1) is 6.04 Å². The molecule has 0 fully saturated rings. The Balaban J connectivity index is 0.00000280. The first-order valence-corrected chi connectivity index (χ1v) is 8.79. The molecule has 2 heterocycles. The summed E-state index contributed by atoms with van der Waals surface area (Å²) in [6.07, 6.45) is 3.56. The van der Waals surface area contributed by atoms with Gasteiger partial charge in [-0.15, -0.1) is 34.2 Å².